The highest BCUT2D eigenvalue weighted by Gasteiger charge is 2.14. The van der Waals surface area contributed by atoms with E-state index in [0.29, 0.717) is 22.2 Å². The molecule has 2 N–H and O–H groups in total. The average Bonchev–Trinajstić information content (AvgIpc) is 2.41. The van der Waals surface area contributed by atoms with Crippen LogP contribution in [0.1, 0.15) is 17.2 Å². The Morgan fingerprint density at radius 3 is 2.60 bits per heavy atom. The molecule has 0 radical (unpaired) electrons. The number of rotatable bonds is 4. The van der Waals surface area contributed by atoms with Crippen molar-refractivity contribution < 1.29 is 9.13 Å². The highest BCUT2D eigenvalue weighted by Crippen LogP contribution is 2.30. The van der Waals surface area contributed by atoms with E-state index in [4.69, 9.17) is 33.7 Å². The first-order valence-electron chi connectivity index (χ1n) is 6.04. The molecule has 106 valence electrons. The second-order valence-corrected chi connectivity index (χ2v) is 5.28. The number of hydrogen-bond acceptors (Lipinski definition) is 2. The van der Waals surface area contributed by atoms with E-state index in [9.17, 15) is 4.39 Å². The molecule has 1 atom stereocenters. The molecule has 1 unspecified atom stereocenters. The smallest absolute Gasteiger partial charge is 0.125 e. The first-order valence-corrected chi connectivity index (χ1v) is 6.80. The van der Waals surface area contributed by atoms with E-state index in [2.05, 4.69) is 0 Å². The van der Waals surface area contributed by atoms with Crippen molar-refractivity contribution in [1.82, 2.24) is 0 Å². The monoisotopic (exact) mass is 313 g/mol. The summed E-state index contributed by atoms with van der Waals surface area (Å²) in [5, 5.41) is 0.950. The lowest BCUT2D eigenvalue weighted by Crippen LogP contribution is -2.14. The maximum atomic E-state index is 13.0. The van der Waals surface area contributed by atoms with Crippen LogP contribution in [0, 0.1) is 5.82 Å². The number of ether oxygens (including phenoxy) is 1. The molecule has 0 heterocycles. The molecule has 0 spiro atoms. The molecule has 2 aromatic rings. The van der Waals surface area contributed by atoms with Gasteiger partial charge in [0.15, 0.2) is 0 Å². The molecule has 0 aliphatic rings. The van der Waals surface area contributed by atoms with E-state index in [-0.39, 0.29) is 11.9 Å². The molecule has 0 aliphatic heterocycles. The largest absolute Gasteiger partial charge is 0.496 e. The van der Waals surface area contributed by atoms with Crippen LogP contribution >= 0.6 is 23.2 Å². The fourth-order valence-corrected chi connectivity index (χ4v) is 2.43. The van der Waals surface area contributed by atoms with Crippen molar-refractivity contribution >= 4 is 23.2 Å². The Hall–Kier alpha value is -1.29. The topological polar surface area (TPSA) is 35.2 Å². The third kappa shape index (κ3) is 3.42. The van der Waals surface area contributed by atoms with Crippen LogP contribution in [-0.4, -0.2) is 7.11 Å². The van der Waals surface area contributed by atoms with E-state index in [1.165, 1.54) is 12.1 Å². The Kier molecular flexibility index (Phi) is 4.86. The van der Waals surface area contributed by atoms with Gasteiger partial charge in [-0.05, 0) is 36.2 Å². The van der Waals surface area contributed by atoms with Gasteiger partial charge in [-0.1, -0.05) is 35.3 Å². The van der Waals surface area contributed by atoms with E-state index in [1.807, 2.05) is 6.07 Å². The van der Waals surface area contributed by atoms with Crippen LogP contribution < -0.4 is 10.5 Å². The van der Waals surface area contributed by atoms with Gasteiger partial charge in [0.05, 0.1) is 7.11 Å². The van der Waals surface area contributed by atoms with E-state index in [1.54, 1.807) is 25.3 Å². The molecular formula is C15H14Cl2FNO. The minimum Gasteiger partial charge on any atom is -0.496 e. The fourth-order valence-electron chi connectivity index (χ4n) is 2.03. The predicted octanol–water partition coefficient (Wildman–Crippen LogP) is 4.38. The zero-order chi connectivity index (χ0) is 14.7. The number of benzene rings is 2. The fraction of sp³-hybridized carbons (Fsp3) is 0.200. The van der Waals surface area contributed by atoms with Gasteiger partial charge >= 0.3 is 0 Å². The Morgan fingerprint density at radius 1 is 1.20 bits per heavy atom. The van der Waals surface area contributed by atoms with E-state index in [0.717, 1.165) is 11.1 Å². The summed E-state index contributed by atoms with van der Waals surface area (Å²) in [6, 6.07) is 9.26. The molecular weight excluding hydrogens is 300 g/mol. The molecule has 0 saturated carbocycles. The van der Waals surface area contributed by atoms with Gasteiger partial charge in [-0.2, -0.15) is 0 Å². The standard InChI is InChI=1S/C15H14Cl2FNO/c1-20-15-7-10(16)3-5-12(15)14(19)6-9-2-4-11(18)8-13(9)17/h2-5,7-8,14H,6,19H2,1H3. The van der Waals surface area contributed by atoms with Crippen molar-refractivity contribution in [3.63, 3.8) is 0 Å². The summed E-state index contributed by atoms with van der Waals surface area (Å²) in [7, 11) is 1.56. The Balaban J connectivity index is 2.25. The van der Waals surface area contributed by atoms with Crippen molar-refractivity contribution in [3.8, 4) is 5.75 Å². The second-order valence-electron chi connectivity index (χ2n) is 4.43. The predicted molar refractivity (Wildman–Crippen MR) is 80.0 cm³/mol. The normalized spacial score (nSPS) is 12.2. The minimum absolute atomic E-state index is 0.315. The van der Waals surface area contributed by atoms with Crippen molar-refractivity contribution in [1.29, 1.82) is 0 Å². The van der Waals surface area contributed by atoms with Crippen LogP contribution in [0.4, 0.5) is 4.39 Å². The number of methoxy groups -OCH3 is 1. The third-order valence-electron chi connectivity index (χ3n) is 3.05. The lowest BCUT2D eigenvalue weighted by molar-refractivity contribution is 0.405. The maximum absolute atomic E-state index is 13.0. The number of nitrogens with two attached hydrogens (primary N) is 1. The third-order valence-corrected chi connectivity index (χ3v) is 3.64. The number of halogens is 3. The van der Waals surface area contributed by atoms with Gasteiger partial charge in [0.1, 0.15) is 11.6 Å². The first-order chi connectivity index (χ1) is 9.51. The summed E-state index contributed by atoms with van der Waals surface area (Å²) in [4.78, 5) is 0. The van der Waals surface area contributed by atoms with Crippen LogP contribution in [0.2, 0.25) is 10.0 Å². The summed E-state index contributed by atoms with van der Waals surface area (Å²) >= 11 is 11.9. The molecule has 2 aromatic carbocycles. The lowest BCUT2D eigenvalue weighted by Gasteiger charge is -2.16. The first kappa shape index (κ1) is 15.1. The lowest BCUT2D eigenvalue weighted by atomic mass is 9.99. The van der Waals surface area contributed by atoms with Crippen LogP contribution in [0.3, 0.4) is 0 Å². The van der Waals surface area contributed by atoms with Gasteiger partial charge in [-0.3, -0.25) is 0 Å². The molecule has 0 aliphatic carbocycles. The minimum atomic E-state index is -0.364. The van der Waals surface area contributed by atoms with E-state index >= 15 is 0 Å². The van der Waals surface area contributed by atoms with Crippen molar-refractivity contribution in [3.05, 3.63) is 63.4 Å². The zero-order valence-corrected chi connectivity index (χ0v) is 12.4. The van der Waals surface area contributed by atoms with Gasteiger partial charge < -0.3 is 10.5 Å². The van der Waals surface area contributed by atoms with Gasteiger partial charge in [0.2, 0.25) is 0 Å². The van der Waals surface area contributed by atoms with Crippen LogP contribution in [0.25, 0.3) is 0 Å². The molecule has 2 nitrogen and oxygen atoms in total. The highest BCUT2D eigenvalue weighted by atomic mass is 35.5. The molecule has 0 fully saturated rings. The van der Waals surface area contributed by atoms with Gasteiger partial charge in [0, 0.05) is 21.7 Å². The summed E-state index contributed by atoms with van der Waals surface area (Å²) in [6.45, 7) is 0. The number of hydrogen-bond donors (Lipinski definition) is 1. The van der Waals surface area contributed by atoms with Crippen molar-refractivity contribution in [2.24, 2.45) is 5.73 Å². The van der Waals surface area contributed by atoms with Gasteiger partial charge in [-0.15, -0.1) is 0 Å². The summed E-state index contributed by atoms with van der Waals surface area (Å²) in [5.41, 5.74) is 7.81. The summed E-state index contributed by atoms with van der Waals surface area (Å²) < 4.78 is 18.3. The molecule has 2 rings (SSSR count). The van der Waals surface area contributed by atoms with Gasteiger partial charge in [0.25, 0.3) is 0 Å². The molecule has 0 aromatic heterocycles. The SMILES string of the molecule is COc1cc(Cl)ccc1C(N)Cc1ccc(F)cc1Cl. The van der Waals surface area contributed by atoms with E-state index < -0.39 is 0 Å². The summed E-state index contributed by atoms with van der Waals surface area (Å²) in [5.74, 6) is 0.264. The Bertz CT molecular complexity index is 619. The maximum Gasteiger partial charge on any atom is 0.125 e. The van der Waals surface area contributed by atoms with Crippen molar-refractivity contribution in [2.75, 3.05) is 7.11 Å². The molecule has 0 saturated heterocycles. The van der Waals surface area contributed by atoms with Crippen molar-refractivity contribution in [2.45, 2.75) is 12.5 Å². The van der Waals surface area contributed by atoms with Gasteiger partial charge in [-0.25, -0.2) is 4.39 Å². The van der Waals surface area contributed by atoms with Crippen LogP contribution in [-0.2, 0) is 6.42 Å². The van der Waals surface area contributed by atoms with Crippen LogP contribution in [0.15, 0.2) is 36.4 Å². The quantitative estimate of drug-likeness (QED) is 0.909. The summed E-state index contributed by atoms with van der Waals surface area (Å²) in [6.07, 6.45) is 0.483. The molecule has 0 amide bonds. The highest BCUT2D eigenvalue weighted by molar-refractivity contribution is 6.31. The zero-order valence-electron chi connectivity index (χ0n) is 10.9. The Labute approximate surface area is 127 Å². The Morgan fingerprint density at radius 2 is 1.95 bits per heavy atom. The van der Waals surface area contributed by atoms with Crippen LogP contribution in [0.5, 0.6) is 5.75 Å². The molecule has 0 bridgehead atoms. The average molecular weight is 314 g/mol. The molecule has 5 heteroatoms. The molecule has 20 heavy (non-hydrogen) atoms. The second kappa shape index (κ2) is 6.44.